The molecule has 1 aromatic carbocycles. The van der Waals surface area contributed by atoms with Crippen molar-refractivity contribution in [2.75, 3.05) is 18.4 Å². The van der Waals surface area contributed by atoms with Crippen LogP contribution in [-0.4, -0.2) is 23.1 Å². The van der Waals surface area contributed by atoms with Gasteiger partial charge in [0.25, 0.3) is 0 Å². The highest BCUT2D eigenvalue weighted by Crippen LogP contribution is 2.21. The SMILES string of the molecule is Cc1ccccc1-c1ccnc(NCCCN)n1. The third-order valence-corrected chi connectivity index (χ3v) is 2.74. The van der Waals surface area contributed by atoms with E-state index in [4.69, 9.17) is 5.73 Å². The molecule has 1 heterocycles. The van der Waals surface area contributed by atoms with Crippen molar-refractivity contribution in [3.63, 3.8) is 0 Å². The molecule has 0 amide bonds. The van der Waals surface area contributed by atoms with Crippen LogP contribution in [-0.2, 0) is 0 Å². The highest BCUT2D eigenvalue weighted by molar-refractivity contribution is 5.63. The first kappa shape index (κ1) is 12.5. The molecular formula is C14H18N4. The van der Waals surface area contributed by atoms with Crippen molar-refractivity contribution < 1.29 is 0 Å². The van der Waals surface area contributed by atoms with Crippen molar-refractivity contribution in [1.82, 2.24) is 9.97 Å². The maximum absolute atomic E-state index is 5.45. The Labute approximate surface area is 107 Å². The molecule has 4 nitrogen and oxygen atoms in total. The highest BCUT2D eigenvalue weighted by atomic mass is 15.1. The Morgan fingerprint density at radius 1 is 1.22 bits per heavy atom. The number of benzene rings is 1. The third kappa shape index (κ3) is 3.05. The van der Waals surface area contributed by atoms with Gasteiger partial charge < -0.3 is 11.1 Å². The molecule has 1 aromatic heterocycles. The molecule has 0 saturated carbocycles. The summed E-state index contributed by atoms with van der Waals surface area (Å²) in [4.78, 5) is 8.72. The third-order valence-electron chi connectivity index (χ3n) is 2.74. The molecular weight excluding hydrogens is 224 g/mol. The molecule has 2 rings (SSSR count). The lowest BCUT2D eigenvalue weighted by Gasteiger charge is -2.07. The van der Waals surface area contributed by atoms with E-state index in [1.54, 1.807) is 6.20 Å². The first-order chi connectivity index (χ1) is 8.81. The lowest BCUT2D eigenvalue weighted by Crippen LogP contribution is -2.10. The largest absolute Gasteiger partial charge is 0.354 e. The molecule has 0 bridgehead atoms. The number of aromatic nitrogens is 2. The average Bonchev–Trinajstić information content (AvgIpc) is 2.40. The maximum atomic E-state index is 5.45. The zero-order valence-electron chi connectivity index (χ0n) is 10.6. The molecule has 18 heavy (non-hydrogen) atoms. The Morgan fingerprint density at radius 3 is 2.83 bits per heavy atom. The molecule has 2 aromatic rings. The molecule has 0 atom stereocenters. The van der Waals surface area contributed by atoms with Gasteiger partial charge in [0.2, 0.25) is 5.95 Å². The topological polar surface area (TPSA) is 63.8 Å². The van der Waals surface area contributed by atoms with Gasteiger partial charge in [0.15, 0.2) is 0 Å². The first-order valence-corrected chi connectivity index (χ1v) is 6.14. The number of hydrogen-bond acceptors (Lipinski definition) is 4. The van der Waals surface area contributed by atoms with Crippen LogP contribution in [0.3, 0.4) is 0 Å². The molecule has 0 unspecified atom stereocenters. The van der Waals surface area contributed by atoms with Gasteiger partial charge in [-0.15, -0.1) is 0 Å². The van der Waals surface area contributed by atoms with Crippen LogP contribution in [0.25, 0.3) is 11.3 Å². The second kappa shape index (κ2) is 6.12. The van der Waals surface area contributed by atoms with Crippen molar-refractivity contribution in [1.29, 1.82) is 0 Å². The second-order valence-corrected chi connectivity index (χ2v) is 4.15. The van der Waals surface area contributed by atoms with E-state index < -0.39 is 0 Å². The van der Waals surface area contributed by atoms with Crippen LogP contribution in [0.2, 0.25) is 0 Å². The van der Waals surface area contributed by atoms with Crippen LogP contribution >= 0.6 is 0 Å². The quantitative estimate of drug-likeness (QED) is 0.789. The lowest BCUT2D eigenvalue weighted by atomic mass is 10.1. The number of nitrogens with two attached hydrogens (primary N) is 1. The molecule has 0 aliphatic rings. The van der Waals surface area contributed by atoms with Crippen molar-refractivity contribution in [2.45, 2.75) is 13.3 Å². The van der Waals surface area contributed by atoms with Crippen molar-refractivity contribution in [3.8, 4) is 11.3 Å². The molecule has 0 aliphatic carbocycles. The summed E-state index contributed by atoms with van der Waals surface area (Å²) >= 11 is 0. The number of rotatable bonds is 5. The van der Waals surface area contributed by atoms with Gasteiger partial charge in [-0.05, 0) is 31.5 Å². The molecule has 94 valence electrons. The number of nitrogens with zero attached hydrogens (tertiary/aromatic N) is 2. The van der Waals surface area contributed by atoms with Crippen LogP contribution in [0.15, 0.2) is 36.5 Å². The minimum atomic E-state index is 0.657. The summed E-state index contributed by atoms with van der Waals surface area (Å²) in [7, 11) is 0. The van der Waals surface area contributed by atoms with Gasteiger partial charge in [0.05, 0.1) is 5.69 Å². The summed E-state index contributed by atoms with van der Waals surface area (Å²) < 4.78 is 0. The number of aryl methyl sites for hydroxylation is 1. The van der Waals surface area contributed by atoms with Crippen LogP contribution in [0, 0.1) is 6.92 Å². The zero-order chi connectivity index (χ0) is 12.8. The van der Waals surface area contributed by atoms with E-state index in [1.165, 1.54) is 5.56 Å². The van der Waals surface area contributed by atoms with Gasteiger partial charge in [-0.3, -0.25) is 0 Å². The van der Waals surface area contributed by atoms with E-state index in [0.29, 0.717) is 12.5 Å². The minimum absolute atomic E-state index is 0.657. The van der Waals surface area contributed by atoms with Gasteiger partial charge in [-0.25, -0.2) is 9.97 Å². The Hall–Kier alpha value is -1.94. The van der Waals surface area contributed by atoms with Crippen molar-refractivity contribution >= 4 is 5.95 Å². The number of anilines is 1. The monoisotopic (exact) mass is 242 g/mol. The summed E-state index contributed by atoms with van der Waals surface area (Å²) in [6, 6.07) is 10.1. The Kier molecular flexibility index (Phi) is 4.25. The Morgan fingerprint density at radius 2 is 2.06 bits per heavy atom. The van der Waals surface area contributed by atoms with E-state index in [0.717, 1.165) is 24.2 Å². The van der Waals surface area contributed by atoms with Gasteiger partial charge in [-0.2, -0.15) is 0 Å². The second-order valence-electron chi connectivity index (χ2n) is 4.15. The predicted octanol–water partition coefficient (Wildman–Crippen LogP) is 2.21. The summed E-state index contributed by atoms with van der Waals surface area (Å²) in [5, 5.41) is 3.17. The van der Waals surface area contributed by atoms with E-state index in [-0.39, 0.29) is 0 Å². The predicted molar refractivity (Wildman–Crippen MR) is 74.4 cm³/mol. The Balaban J connectivity index is 2.19. The van der Waals surface area contributed by atoms with Crippen LogP contribution in [0.5, 0.6) is 0 Å². The van der Waals surface area contributed by atoms with Gasteiger partial charge in [0.1, 0.15) is 0 Å². The normalized spacial score (nSPS) is 10.3. The maximum Gasteiger partial charge on any atom is 0.223 e. The molecule has 4 heteroatoms. The molecule has 0 aliphatic heterocycles. The fourth-order valence-electron chi connectivity index (χ4n) is 1.76. The fourth-order valence-corrected chi connectivity index (χ4v) is 1.76. The van der Waals surface area contributed by atoms with Crippen LogP contribution in [0.1, 0.15) is 12.0 Å². The van der Waals surface area contributed by atoms with E-state index >= 15 is 0 Å². The molecule has 0 radical (unpaired) electrons. The smallest absolute Gasteiger partial charge is 0.223 e. The van der Waals surface area contributed by atoms with Gasteiger partial charge in [-0.1, -0.05) is 24.3 Å². The number of hydrogen-bond donors (Lipinski definition) is 2. The van der Waals surface area contributed by atoms with E-state index in [9.17, 15) is 0 Å². The summed E-state index contributed by atoms with van der Waals surface area (Å²) in [5.41, 5.74) is 8.75. The van der Waals surface area contributed by atoms with Crippen molar-refractivity contribution in [2.24, 2.45) is 5.73 Å². The summed E-state index contributed by atoms with van der Waals surface area (Å²) in [6.07, 6.45) is 2.69. The van der Waals surface area contributed by atoms with Crippen LogP contribution in [0.4, 0.5) is 5.95 Å². The molecule has 0 spiro atoms. The Bertz CT molecular complexity index is 511. The lowest BCUT2D eigenvalue weighted by molar-refractivity contribution is 0.864. The molecule has 0 saturated heterocycles. The van der Waals surface area contributed by atoms with Gasteiger partial charge >= 0.3 is 0 Å². The molecule has 0 fully saturated rings. The summed E-state index contributed by atoms with van der Waals surface area (Å²) in [6.45, 7) is 3.55. The zero-order valence-corrected chi connectivity index (χ0v) is 10.6. The fraction of sp³-hybridized carbons (Fsp3) is 0.286. The average molecular weight is 242 g/mol. The number of nitrogens with one attached hydrogen (secondary N) is 1. The highest BCUT2D eigenvalue weighted by Gasteiger charge is 2.03. The minimum Gasteiger partial charge on any atom is -0.354 e. The standard InChI is InChI=1S/C14H18N4/c1-11-5-2-3-6-12(11)13-7-10-17-14(18-13)16-9-4-8-15/h2-3,5-7,10H,4,8-9,15H2,1H3,(H,16,17,18). The molecule has 3 N–H and O–H groups in total. The van der Waals surface area contributed by atoms with Crippen molar-refractivity contribution in [3.05, 3.63) is 42.1 Å². The summed E-state index contributed by atoms with van der Waals surface area (Å²) in [5.74, 6) is 0.657. The van der Waals surface area contributed by atoms with E-state index in [1.807, 2.05) is 18.2 Å². The van der Waals surface area contributed by atoms with Crippen LogP contribution < -0.4 is 11.1 Å². The first-order valence-electron chi connectivity index (χ1n) is 6.14. The van der Waals surface area contributed by atoms with Gasteiger partial charge in [0, 0.05) is 18.3 Å². The van der Waals surface area contributed by atoms with E-state index in [2.05, 4.69) is 34.3 Å².